The molecule has 1 N–H and O–H groups in total. The molecule has 0 unspecified atom stereocenters. The smallest absolute Gasteiger partial charge is 0.261 e. The van der Waals surface area contributed by atoms with E-state index in [1.165, 1.54) is 17.7 Å². The van der Waals surface area contributed by atoms with Crippen molar-refractivity contribution in [2.24, 2.45) is 0 Å². The van der Waals surface area contributed by atoms with E-state index in [0.717, 1.165) is 24.4 Å². The zero-order valence-electron chi connectivity index (χ0n) is 18.6. The van der Waals surface area contributed by atoms with Gasteiger partial charge in [0.05, 0.1) is 4.90 Å². The molecule has 3 aromatic rings. The highest BCUT2D eigenvalue weighted by Gasteiger charge is 2.24. The predicted molar refractivity (Wildman–Crippen MR) is 133 cm³/mol. The summed E-state index contributed by atoms with van der Waals surface area (Å²) in [5.74, 6) is -0.161. The molecule has 4 rings (SSSR count). The third-order valence-electron chi connectivity index (χ3n) is 5.67. The number of amides is 1. The second kappa shape index (κ2) is 10.4. The summed E-state index contributed by atoms with van der Waals surface area (Å²) in [4.78, 5) is 21.4. The number of carbonyl (C=O) groups is 1. The van der Waals surface area contributed by atoms with Gasteiger partial charge in [0.25, 0.3) is 15.9 Å². The Labute approximate surface area is 199 Å². The van der Waals surface area contributed by atoms with E-state index in [0.29, 0.717) is 37.4 Å². The number of benzene rings is 2. The average molecular weight is 485 g/mol. The molecular formula is C24H28N4O3S2. The fourth-order valence-electron chi connectivity index (χ4n) is 3.79. The van der Waals surface area contributed by atoms with Gasteiger partial charge in [-0.2, -0.15) is 0 Å². The van der Waals surface area contributed by atoms with Crippen LogP contribution in [0.15, 0.2) is 65.0 Å². The molecular weight excluding hydrogens is 456 g/mol. The minimum atomic E-state index is -3.80. The van der Waals surface area contributed by atoms with Crippen molar-refractivity contribution >= 4 is 38.1 Å². The number of nitrogens with zero attached hydrogens (tertiary/aromatic N) is 3. The molecule has 1 aliphatic heterocycles. The second-order valence-corrected chi connectivity index (χ2v) is 10.6. The number of rotatable bonds is 8. The number of carbonyl (C=O) groups excluding carboxylic acids is 1. The number of hydrogen-bond donors (Lipinski definition) is 1. The number of aromatic nitrogens is 1. The van der Waals surface area contributed by atoms with E-state index in [2.05, 4.69) is 21.5 Å². The Morgan fingerprint density at radius 1 is 1.09 bits per heavy atom. The highest BCUT2D eigenvalue weighted by Crippen LogP contribution is 2.22. The highest BCUT2D eigenvalue weighted by atomic mass is 32.2. The minimum absolute atomic E-state index is 0.0739. The van der Waals surface area contributed by atoms with Crippen molar-refractivity contribution in [1.82, 2.24) is 9.88 Å². The van der Waals surface area contributed by atoms with Gasteiger partial charge in [0.1, 0.15) is 0 Å². The van der Waals surface area contributed by atoms with E-state index in [9.17, 15) is 13.2 Å². The molecule has 1 amide bonds. The van der Waals surface area contributed by atoms with Gasteiger partial charge < -0.3 is 9.80 Å². The van der Waals surface area contributed by atoms with Crippen LogP contribution in [0.3, 0.4) is 0 Å². The van der Waals surface area contributed by atoms with Gasteiger partial charge in [-0.15, -0.1) is 11.3 Å². The Hall–Kier alpha value is -2.91. The lowest BCUT2D eigenvalue weighted by Gasteiger charge is -2.34. The van der Waals surface area contributed by atoms with Crippen LogP contribution in [0.25, 0.3) is 0 Å². The lowest BCUT2D eigenvalue weighted by molar-refractivity contribution is 0.0746. The number of aryl methyl sites for hydroxylation is 1. The molecule has 9 heteroatoms. The molecule has 0 atom stereocenters. The van der Waals surface area contributed by atoms with Gasteiger partial charge in [0.2, 0.25) is 0 Å². The summed E-state index contributed by atoms with van der Waals surface area (Å²) < 4.78 is 28.5. The van der Waals surface area contributed by atoms with Crippen LogP contribution in [0.2, 0.25) is 0 Å². The van der Waals surface area contributed by atoms with Crippen molar-refractivity contribution in [3.05, 3.63) is 71.2 Å². The summed E-state index contributed by atoms with van der Waals surface area (Å²) in [6.45, 7) is 4.68. The van der Waals surface area contributed by atoms with Crippen LogP contribution in [0, 0.1) is 0 Å². The van der Waals surface area contributed by atoms with Crippen molar-refractivity contribution in [3.8, 4) is 0 Å². The first-order valence-electron chi connectivity index (χ1n) is 11.1. The monoisotopic (exact) mass is 484 g/mol. The first-order valence-corrected chi connectivity index (χ1v) is 13.5. The number of sulfonamides is 1. The Morgan fingerprint density at radius 2 is 1.85 bits per heavy atom. The lowest BCUT2D eigenvalue weighted by atomic mass is 10.1. The van der Waals surface area contributed by atoms with Gasteiger partial charge >= 0.3 is 0 Å². The zero-order chi connectivity index (χ0) is 23.3. The summed E-state index contributed by atoms with van der Waals surface area (Å²) >= 11 is 1.58. The van der Waals surface area contributed by atoms with Gasteiger partial charge in [-0.05, 0) is 48.7 Å². The third-order valence-corrected chi connectivity index (χ3v) is 7.88. The fourth-order valence-corrected chi connectivity index (χ4v) is 5.59. The van der Waals surface area contributed by atoms with Crippen molar-refractivity contribution < 1.29 is 13.2 Å². The molecule has 0 saturated carbocycles. The van der Waals surface area contributed by atoms with E-state index in [1.54, 1.807) is 46.7 Å². The van der Waals surface area contributed by atoms with Crippen molar-refractivity contribution in [2.75, 3.05) is 35.8 Å². The molecule has 174 valence electrons. The maximum atomic E-state index is 13.0. The van der Waals surface area contributed by atoms with Gasteiger partial charge in [-0.25, -0.2) is 13.4 Å². The number of thiazole rings is 1. The van der Waals surface area contributed by atoms with E-state index in [-0.39, 0.29) is 10.8 Å². The number of hydrogen-bond acceptors (Lipinski definition) is 6. The summed E-state index contributed by atoms with van der Waals surface area (Å²) in [5.41, 5.74) is 2.06. The Kier molecular flexibility index (Phi) is 7.29. The fraction of sp³-hybridized carbons (Fsp3) is 0.333. The topological polar surface area (TPSA) is 82.6 Å². The molecule has 1 fully saturated rings. The maximum Gasteiger partial charge on any atom is 0.261 e. The van der Waals surface area contributed by atoms with E-state index in [4.69, 9.17) is 0 Å². The first-order chi connectivity index (χ1) is 16.0. The highest BCUT2D eigenvalue weighted by molar-refractivity contribution is 7.92. The standard InChI is InChI=1S/C24H28N4O3S2/c1-2-3-5-19-8-10-21(11-9-19)26-33(30,31)22-7-4-6-20(18-22)23(29)27-13-15-28(16-14-27)24-25-12-17-32-24/h4,6-12,17-18,26H,2-3,5,13-16H2,1H3. The molecule has 7 nitrogen and oxygen atoms in total. The van der Waals surface area contributed by atoms with Crippen molar-refractivity contribution in [2.45, 2.75) is 31.1 Å². The summed E-state index contributed by atoms with van der Waals surface area (Å²) in [6.07, 6.45) is 4.97. The van der Waals surface area contributed by atoms with Crippen LogP contribution in [0.4, 0.5) is 10.8 Å². The molecule has 1 aromatic heterocycles. The zero-order valence-corrected chi connectivity index (χ0v) is 20.2. The molecule has 1 saturated heterocycles. The normalized spacial score (nSPS) is 14.3. The van der Waals surface area contributed by atoms with Gasteiger partial charge in [-0.1, -0.05) is 31.5 Å². The number of nitrogens with one attached hydrogen (secondary N) is 1. The van der Waals surface area contributed by atoms with Crippen LogP contribution in [-0.2, 0) is 16.4 Å². The molecule has 0 bridgehead atoms. The molecule has 2 heterocycles. The number of anilines is 2. The molecule has 0 radical (unpaired) electrons. The minimum Gasteiger partial charge on any atom is -0.345 e. The van der Waals surface area contributed by atoms with Crippen LogP contribution >= 0.6 is 11.3 Å². The van der Waals surface area contributed by atoms with E-state index >= 15 is 0 Å². The van der Waals surface area contributed by atoms with Gasteiger partial charge in [0.15, 0.2) is 5.13 Å². The molecule has 1 aliphatic rings. The third kappa shape index (κ3) is 5.72. The Balaban J connectivity index is 1.41. The van der Waals surface area contributed by atoms with Crippen molar-refractivity contribution in [3.63, 3.8) is 0 Å². The summed E-state index contributed by atoms with van der Waals surface area (Å²) in [5, 5.41) is 2.90. The van der Waals surface area contributed by atoms with Crippen LogP contribution in [0.5, 0.6) is 0 Å². The largest absolute Gasteiger partial charge is 0.345 e. The molecule has 0 aliphatic carbocycles. The molecule has 2 aromatic carbocycles. The first kappa shape index (κ1) is 23.3. The maximum absolute atomic E-state index is 13.0. The quantitative estimate of drug-likeness (QED) is 0.517. The summed E-state index contributed by atoms with van der Waals surface area (Å²) in [6, 6.07) is 13.7. The SMILES string of the molecule is CCCCc1ccc(NS(=O)(=O)c2cccc(C(=O)N3CCN(c4nccs4)CC3)c2)cc1. The number of piperazine rings is 1. The van der Waals surface area contributed by atoms with Gasteiger partial charge in [-0.3, -0.25) is 9.52 Å². The predicted octanol–water partition coefficient (Wildman–Crippen LogP) is 4.25. The van der Waals surface area contributed by atoms with Crippen LogP contribution < -0.4 is 9.62 Å². The Morgan fingerprint density at radius 3 is 2.52 bits per heavy atom. The van der Waals surface area contributed by atoms with Gasteiger partial charge in [0, 0.05) is 49.0 Å². The molecule has 33 heavy (non-hydrogen) atoms. The number of unbranched alkanes of at least 4 members (excludes halogenated alkanes) is 1. The summed E-state index contributed by atoms with van der Waals surface area (Å²) in [7, 11) is -3.80. The average Bonchev–Trinajstić information content (AvgIpc) is 3.38. The van der Waals surface area contributed by atoms with Crippen LogP contribution in [-0.4, -0.2) is 50.4 Å². The second-order valence-electron chi connectivity index (χ2n) is 8.03. The van der Waals surface area contributed by atoms with Crippen molar-refractivity contribution in [1.29, 1.82) is 0 Å². The Bertz CT molecular complexity index is 1170. The lowest BCUT2D eigenvalue weighted by Crippen LogP contribution is -2.48. The van der Waals surface area contributed by atoms with E-state index < -0.39 is 10.0 Å². The van der Waals surface area contributed by atoms with E-state index in [1.807, 2.05) is 17.5 Å². The van der Waals surface area contributed by atoms with Crippen LogP contribution in [0.1, 0.15) is 35.7 Å². The molecule has 0 spiro atoms.